The molecule has 0 heterocycles. The molecule has 2 aromatic rings. The Morgan fingerprint density at radius 2 is 1.80 bits per heavy atom. The summed E-state index contributed by atoms with van der Waals surface area (Å²) in [5, 5.41) is 0. The van der Waals surface area contributed by atoms with Gasteiger partial charge in [0.2, 0.25) is 0 Å². The van der Waals surface area contributed by atoms with Crippen LogP contribution in [0.15, 0.2) is 36.4 Å². The van der Waals surface area contributed by atoms with Crippen molar-refractivity contribution < 1.29 is 14.3 Å². The third kappa shape index (κ3) is 5.76. The molecule has 0 saturated carbocycles. The summed E-state index contributed by atoms with van der Waals surface area (Å²) in [7, 11) is 5.43. The van der Waals surface area contributed by atoms with E-state index in [1.807, 2.05) is 30.3 Å². The number of fused-ring (bicyclic) bond motifs is 1. The number of benzene rings is 2. The number of Topliss-reactive ketones (excluding diaryl/α,β-unsaturated/α-hetero) is 1. The fourth-order valence-corrected chi connectivity index (χ4v) is 4.28. The summed E-state index contributed by atoms with van der Waals surface area (Å²) in [6.45, 7) is 1.99. The average Bonchev–Trinajstić information content (AvgIpc) is 2.89. The van der Waals surface area contributed by atoms with E-state index in [1.54, 1.807) is 14.2 Å². The van der Waals surface area contributed by atoms with Crippen LogP contribution in [-0.2, 0) is 24.1 Å². The lowest BCUT2D eigenvalue weighted by atomic mass is 9.93. The number of hydrogen-bond acceptors (Lipinski definition) is 5. The highest BCUT2D eigenvalue weighted by Crippen LogP contribution is 2.34. The van der Waals surface area contributed by atoms with Gasteiger partial charge in [0, 0.05) is 24.6 Å². The summed E-state index contributed by atoms with van der Waals surface area (Å²) in [6, 6.07) is 12.1. The molecule has 2 N–H and O–H groups in total. The number of hydrogen-bond donors (Lipinski definition) is 1. The summed E-state index contributed by atoms with van der Waals surface area (Å²) < 4.78 is 10.8. The Hall–Kier alpha value is -2.53. The molecule has 5 nitrogen and oxygen atoms in total. The molecular weight excluding hydrogens is 376 g/mol. The van der Waals surface area contributed by atoms with Crippen molar-refractivity contribution in [1.82, 2.24) is 4.90 Å². The van der Waals surface area contributed by atoms with Crippen molar-refractivity contribution in [2.24, 2.45) is 5.92 Å². The van der Waals surface area contributed by atoms with E-state index in [1.165, 1.54) is 11.1 Å². The molecule has 30 heavy (non-hydrogen) atoms. The lowest BCUT2D eigenvalue weighted by molar-refractivity contribution is -0.122. The summed E-state index contributed by atoms with van der Waals surface area (Å²) >= 11 is 0. The van der Waals surface area contributed by atoms with Gasteiger partial charge in [-0.25, -0.2) is 0 Å². The zero-order valence-electron chi connectivity index (χ0n) is 18.4. The number of nitrogen functional groups attached to an aromatic ring is 1. The largest absolute Gasteiger partial charge is 0.493 e. The van der Waals surface area contributed by atoms with Gasteiger partial charge < -0.3 is 20.1 Å². The zero-order valence-corrected chi connectivity index (χ0v) is 18.4. The number of aryl methyl sites for hydroxylation is 1. The Bertz CT molecular complexity index is 865. The van der Waals surface area contributed by atoms with E-state index >= 15 is 0 Å². The van der Waals surface area contributed by atoms with Gasteiger partial charge in [0.25, 0.3) is 0 Å². The molecule has 1 atom stereocenters. The Morgan fingerprint density at radius 3 is 2.50 bits per heavy atom. The molecule has 3 rings (SSSR count). The van der Waals surface area contributed by atoms with Crippen LogP contribution in [-0.4, -0.2) is 45.0 Å². The van der Waals surface area contributed by atoms with E-state index in [2.05, 4.69) is 18.0 Å². The van der Waals surface area contributed by atoms with Gasteiger partial charge in [-0.1, -0.05) is 12.1 Å². The maximum absolute atomic E-state index is 12.9. The minimum Gasteiger partial charge on any atom is -0.493 e. The van der Waals surface area contributed by atoms with Crippen molar-refractivity contribution in [3.05, 3.63) is 53.1 Å². The molecule has 0 spiro atoms. The summed E-state index contributed by atoms with van der Waals surface area (Å²) in [4.78, 5) is 15.2. The Morgan fingerprint density at radius 1 is 1.07 bits per heavy atom. The van der Waals surface area contributed by atoms with Crippen molar-refractivity contribution in [3.8, 4) is 11.5 Å². The lowest BCUT2D eigenvalue weighted by Gasteiger charge is -2.19. The third-order valence-electron chi connectivity index (χ3n) is 6.11. The zero-order chi connectivity index (χ0) is 21.5. The first-order valence-electron chi connectivity index (χ1n) is 10.8. The molecule has 0 radical (unpaired) electrons. The summed E-state index contributed by atoms with van der Waals surface area (Å²) in [5.41, 5.74) is 10.2. The lowest BCUT2D eigenvalue weighted by Crippen LogP contribution is -2.24. The van der Waals surface area contributed by atoms with Gasteiger partial charge in [-0.3, -0.25) is 4.79 Å². The molecule has 0 fully saturated rings. The van der Waals surface area contributed by atoms with Crippen molar-refractivity contribution in [1.29, 1.82) is 0 Å². The molecule has 2 aromatic carbocycles. The highest BCUT2D eigenvalue weighted by molar-refractivity contribution is 5.84. The van der Waals surface area contributed by atoms with Gasteiger partial charge in [0.15, 0.2) is 11.5 Å². The van der Waals surface area contributed by atoms with Crippen molar-refractivity contribution in [3.63, 3.8) is 0 Å². The highest BCUT2D eigenvalue weighted by atomic mass is 16.5. The fourth-order valence-electron chi connectivity index (χ4n) is 4.28. The number of carbonyl (C=O) groups is 1. The monoisotopic (exact) mass is 410 g/mol. The predicted molar refractivity (Wildman–Crippen MR) is 121 cm³/mol. The Balaban J connectivity index is 1.48. The number of methoxy groups -OCH3 is 2. The maximum Gasteiger partial charge on any atom is 0.161 e. The van der Waals surface area contributed by atoms with Gasteiger partial charge in [-0.2, -0.15) is 0 Å². The van der Waals surface area contributed by atoms with Gasteiger partial charge in [0.05, 0.1) is 14.2 Å². The molecule has 0 bridgehead atoms. The fraction of sp³-hybridized carbons (Fsp3) is 0.480. The smallest absolute Gasteiger partial charge is 0.161 e. The minimum absolute atomic E-state index is 0.136. The topological polar surface area (TPSA) is 64.8 Å². The number of nitrogens with two attached hydrogens (primary N) is 1. The summed E-state index contributed by atoms with van der Waals surface area (Å²) in [5.74, 6) is 1.92. The molecule has 1 aliphatic rings. The molecular formula is C25H34N2O3. The molecule has 0 saturated heterocycles. The van der Waals surface area contributed by atoms with Gasteiger partial charge >= 0.3 is 0 Å². The maximum atomic E-state index is 12.9. The molecule has 0 amide bonds. The molecule has 162 valence electrons. The number of nitrogens with zero attached hydrogens (tertiary/aromatic N) is 1. The average molecular weight is 411 g/mol. The minimum atomic E-state index is 0.136. The van der Waals surface area contributed by atoms with Crippen molar-refractivity contribution in [2.75, 3.05) is 40.1 Å². The van der Waals surface area contributed by atoms with Crippen LogP contribution in [0.1, 0.15) is 36.0 Å². The SMILES string of the molecule is COc1cc2c(cc1OC)CC(=O)C(CCCN(C)CCc1cccc(N)c1)CC2. The van der Waals surface area contributed by atoms with E-state index in [0.717, 1.165) is 62.2 Å². The number of anilines is 1. The van der Waals surface area contributed by atoms with E-state index in [0.29, 0.717) is 18.0 Å². The van der Waals surface area contributed by atoms with Crippen LogP contribution in [0.3, 0.4) is 0 Å². The van der Waals surface area contributed by atoms with E-state index in [4.69, 9.17) is 15.2 Å². The first kappa shape index (κ1) is 22.2. The van der Waals surface area contributed by atoms with Crippen LogP contribution >= 0.6 is 0 Å². The van der Waals surface area contributed by atoms with E-state index in [-0.39, 0.29) is 5.92 Å². The van der Waals surface area contributed by atoms with Crippen LogP contribution < -0.4 is 15.2 Å². The second kappa shape index (κ2) is 10.5. The number of rotatable bonds is 9. The Kier molecular flexibility index (Phi) is 7.75. The summed E-state index contributed by atoms with van der Waals surface area (Å²) in [6.07, 6.45) is 5.29. The molecule has 5 heteroatoms. The molecule has 0 aliphatic heterocycles. The first-order valence-corrected chi connectivity index (χ1v) is 10.8. The van der Waals surface area contributed by atoms with Gasteiger partial charge in [0.1, 0.15) is 5.78 Å². The second-order valence-electron chi connectivity index (χ2n) is 8.30. The standard InChI is InChI=1S/C25H34N2O3/c1-27(13-11-18-6-4-8-22(26)14-18)12-5-7-19-9-10-20-16-24(29-2)25(30-3)17-21(20)15-23(19)28/h4,6,8,14,16-17,19H,5,7,9-13,15,26H2,1-3H3. The first-order chi connectivity index (χ1) is 14.5. The number of carbonyl (C=O) groups excluding carboxylic acids is 1. The van der Waals surface area contributed by atoms with Crippen molar-refractivity contribution in [2.45, 2.75) is 38.5 Å². The van der Waals surface area contributed by atoms with Crippen LogP contribution in [0.2, 0.25) is 0 Å². The van der Waals surface area contributed by atoms with Crippen LogP contribution in [0.25, 0.3) is 0 Å². The van der Waals surface area contributed by atoms with Gasteiger partial charge in [-0.05, 0) is 86.7 Å². The van der Waals surface area contributed by atoms with Crippen LogP contribution in [0, 0.1) is 5.92 Å². The number of likely N-dealkylation sites (N-methyl/N-ethyl adjacent to an activating group) is 1. The highest BCUT2D eigenvalue weighted by Gasteiger charge is 2.25. The number of ether oxygens (including phenoxy) is 2. The van der Waals surface area contributed by atoms with Crippen LogP contribution in [0.4, 0.5) is 5.69 Å². The third-order valence-corrected chi connectivity index (χ3v) is 6.11. The quantitative estimate of drug-likeness (QED) is 0.501. The normalized spacial score (nSPS) is 16.3. The van der Waals surface area contributed by atoms with E-state index in [9.17, 15) is 4.79 Å². The van der Waals surface area contributed by atoms with E-state index < -0.39 is 0 Å². The predicted octanol–water partition coefficient (Wildman–Crippen LogP) is 3.91. The second-order valence-corrected chi connectivity index (χ2v) is 8.30. The van der Waals surface area contributed by atoms with Crippen LogP contribution in [0.5, 0.6) is 11.5 Å². The molecule has 1 aliphatic carbocycles. The van der Waals surface area contributed by atoms with Crippen molar-refractivity contribution >= 4 is 11.5 Å². The molecule has 1 unspecified atom stereocenters. The number of ketones is 1. The molecule has 0 aromatic heterocycles. The Labute approximate surface area is 180 Å². The van der Waals surface area contributed by atoms with Gasteiger partial charge in [-0.15, -0.1) is 0 Å².